The highest BCUT2D eigenvalue weighted by atomic mass is 32.1. The van der Waals surface area contributed by atoms with E-state index in [1.807, 2.05) is 32.0 Å². The van der Waals surface area contributed by atoms with Crippen molar-refractivity contribution in [3.8, 4) is 11.4 Å². The summed E-state index contributed by atoms with van der Waals surface area (Å²) in [5, 5.41) is 7.68. The maximum atomic E-state index is 13.0. The van der Waals surface area contributed by atoms with Crippen molar-refractivity contribution in [2.24, 2.45) is 5.92 Å². The molecular formula is C20H19FN4O2S. The Balaban J connectivity index is 1.69. The van der Waals surface area contributed by atoms with E-state index in [-0.39, 0.29) is 17.4 Å². The van der Waals surface area contributed by atoms with E-state index in [9.17, 15) is 14.0 Å². The normalized spacial score (nSPS) is 11.9. The average molecular weight is 398 g/mol. The minimum atomic E-state index is -0.764. The molecule has 2 amide bonds. The highest BCUT2D eigenvalue weighted by Crippen LogP contribution is 2.23. The molecule has 28 heavy (non-hydrogen) atoms. The highest BCUT2D eigenvalue weighted by Gasteiger charge is 2.25. The van der Waals surface area contributed by atoms with Crippen molar-refractivity contribution in [2.75, 3.05) is 5.32 Å². The molecule has 0 bridgehead atoms. The molecule has 2 aromatic heterocycles. The third-order valence-electron chi connectivity index (χ3n) is 4.00. The van der Waals surface area contributed by atoms with Crippen LogP contribution in [0, 0.1) is 11.7 Å². The fraction of sp³-hybridized carbons (Fsp3) is 0.200. The molecule has 0 spiro atoms. The molecule has 0 fully saturated rings. The Morgan fingerprint density at radius 1 is 1.07 bits per heavy atom. The van der Waals surface area contributed by atoms with Crippen LogP contribution in [-0.4, -0.2) is 27.8 Å². The van der Waals surface area contributed by atoms with Gasteiger partial charge in [0, 0.05) is 17.1 Å². The smallest absolute Gasteiger partial charge is 0.251 e. The number of carbonyl (C=O) groups is 2. The first-order chi connectivity index (χ1) is 13.4. The zero-order chi connectivity index (χ0) is 20.1. The summed E-state index contributed by atoms with van der Waals surface area (Å²) in [6.45, 7) is 3.66. The molecule has 8 heteroatoms. The third-order valence-corrected chi connectivity index (χ3v) is 4.76. The Morgan fingerprint density at radius 2 is 1.82 bits per heavy atom. The van der Waals surface area contributed by atoms with Gasteiger partial charge < -0.3 is 10.6 Å². The third kappa shape index (κ3) is 4.77. The summed E-state index contributed by atoms with van der Waals surface area (Å²) in [6, 6.07) is 9.90. The lowest BCUT2D eigenvalue weighted by atomic mass is 10.0. The largest absolute Gasteiger partial charge is 0.340 e. The molecule has 0 aliphatic rings. The van der Waals surface area contributed by atoms with Crippen LogP contribution in [-0.2, 0) is 4.79 Å². The number of pyridine rings is 1. The number of anilines is 1. The second-order valence-electron chi connectivity index (χ2n) is 6.44. The SMILES string of the molecule is CC(C)C(NC(=O)c1ccc(F)cc1)C(=O)Nc1nc(-c2ccccn2)cs1. The molecule has 0 radical (unpaired) electrons. The van der Waals surface area contributed by atoms with Crippen LogP contribution in [0.2, 0.25) is 0 Å². The van der Waals surface area contributed by atoms with Gasteiger partial charge in [0.1, 0.15) is 17.6 Å². The lowest BCUT2D eigenvalue weighted by Crippen LogP contribution is -2.47. The molecular weight excluding hydrogens is 379 g/mol. The van der Waals surface area contributed by atoms with Gasteiger partial charge in [-0.2, -0.15) is 0 Å². The zero-order valence-corrected chi connectivity index (χ0v) is 16.2. The van der Waals surface area contributed by atoms with Crippen LogP contribution in [0.3, 0.4) is 0 Å². The van der Waals surface area contributed by atoms with E-state index in [1.54, 1.807) is 11.6 Å². The lowest BCUT2D eigenvalue weighted by molar-refractivity contribution is -0.118. The number of nitrogens with one attached hydrogen (secondary N) is 2. The molecule has 3 rings (SSSR count). The molecule has 2 heterocycles. The second kappa shape index (κ2) is 8.71. The van der Waals surface area contributed by atoms with Crippen molar-refractivity contribution in [3.63, 3.8) is 0 Å². The van der Waals surface area contributed by atoms with Crippen LogP contribution in [0.25, 0.3) is 11.4 Å². The van der Waals surface area contributed by atoms with Gasteiger partial charge in [-0.15, -0.1) is 11.3 Å². The van der Waals surface area contributed by atoms with Crippen molar-refractivity contribution in [3.05, 3.63) is 65.4 Å². The first-order valence-corrected chi connectivity index (χ1v) is 9.56. The average Bonchev–Trinajstić information content (AvgIpc) is 3.15. The molecule has 1 atom stereocenters. The predicted molar refractivity (Wildman–Crippen MR) is 106 cm³/mol. The molecule has 3 aromatic rings. The number of hydrogen-bond acceptors (Lipinski definition) is 5. The number of thiazole rings is 1. The van der Waals surface area contributed by atoms with Gasteiger partial charge in [-0.05, 0) is 42.3 Å². The molecule has 6 nitrogen and oxygen atoms in total. The maximum absolute atomic E-state index is 13.0. The van der Waals surface area contributed by atoms with E-state index in [1.165, 1.54) is 35.6 Å². The molecule has 144 valence electrons. The quantitative estimate of drug-likeness (QED) is 0.663. The summed E-state index contributed by atoms with van der Waals surface area (Å²) in [5.41, 5.74) is 1.66. The van der Waals surface area contributed by atoms with Gasteiger partial charge in [-0.1, -0.05) is 19.9 Å². The standard InChI is InChI=1S/C20H19FN4O2S/c1-12(2)17(24-18(26)13-6-8-14(21)9-7-13)19(27)25-20-23-16(11-28-20)15-5-3-4-10-22-15/h3-12,17H,1-2H3,(H,24,26)(H,23,25,27). The van der Waals surface area contributed by atoms with Crippen LogP contribution in [0.1, 0.15) is 24.2 Å². The Labute approximate surface area is 165 Å². The molecule has 0 saturated carbocycles. The van der Waals surface area contributed by atoms with E-state index in [2.05, 4.69) is 20.6 Å². The van der Waals surface area contributed by atoms with Crippen molar-refractivity contribution in [2.45, 2.75) is 19.9 Å². The molecule has 2 N–H and O–H groups in total. The van der Waals surface area contributed by atoms with E-state index in [0.29, 0.717) is 16.5 Å². The highest BCUT2D eigenvalue weighted by molar-refractivity contribution is 7.14. The van der Waals surface area contributed by atoms with Gasteiger partial charge in [-0.25, -0.2) is 9.37 Å². The van der Waals surface area contributed by atoms with Crippen LogP contribution in [0.15, 0.2) is 54.0 Å². The zero-order valence-electron chi connectivity index (χ0n) is 15.3. The van der Waals surface area contributed by atoms with Gasteiger partial charge in [0.25, 0.3) is 5.91 Å². The van der Waals surface area contributed by atoms with E-state index < -0.39 is 17.8 Å². The molecule has 1 aromatic carbocycles. The summed E-state index contributed by atoms with van der Waals surface area (Å²) in [7, 11) is 0. The van der Waals surface area contributed by atoms with E-state index in [0.717, 1.165) is 0 Å². The number of carbonyl (C=O) groups excluding carboxylic acids is 2. The summed E-state index contributed by atoms with van der Waals surface area (Å²) < 4.78 is 13.0. The number of amides is 2. The van der Waals surface area contributed by atoms with E-state index in [4.69, 9.17) is 0 Å². The number of aromatic nitrogens is 2. The summed E-state index contributed by atoms with van der Waals surface area (Å²) in [6.07, 6.45) is 1.67. The minimum absolute atomic E-state index is 0.153. The van der Waals surface area contributed by atoms with Gasteiger partial charge >= 0.3 is 0 Å². The fourth-order valence-corrected chi connectivity index (χ4v) is 3.21. The van der Waals surface area contributed by atoms with Crippen molar-refractivity contribution >= 4 is 28.3 Å². The Morgan fingerprint density at radius 3 is 2.46 bits per heavy atom. The number of rotatable bonds is 6. The number of nitrogens with zero attached hydrogens (tertiary/aromatic N) is 2. The van der Waals surface area contributed by atoms with Crippen LogP contribution >= 0.6 is 11.3 Å². The second-order valence-corrected chi connectivity index (χ2v) is 7.30. The number of halogens is 1. The monoisotopic (exact) mass is 398 g/mol. The van der Waals surface area contributed by atoms with Crippen LogP contribution in [0.5, 0.6) is 0 Å². The first-order valence-electron chi connectivity index (χ1n) is 8.68. The molecule has 0 aliphatic carbocycles. The van der Waals surface area contributed by atoms with Gasteiger partial charge in [0.2, 0.25) is 5.91 Å². The Bertz CT molecular complexity index is 958. The van der Waals surface area contributed by atoms with Crippen LogP contribution < -0.4 is 10.6 Å². The first kappa shape index (κ1) is 19.6. The van der Waals surface area contributed by atoms with Gasteiger partial charge in [-0.3, -0.25) is 14.6 Å². The van der Waals surface area contributed by atoms with Crippen molar-refractivity contribution < 1.29 is 14.0 Å². The van der Waals surface area contributed by atoms with Gasteiger partial charge in [0.05, 0.1) is 5.69 Å². The predicted octanol–water partition coefficient (Wildman–Crippen LogP) is 3.74. The lowest BCUT2D eigenvalue weighted by Gasteiger charge is -2.21. The fourth-order valence-electron chi connectivity index (χ4n) is 2.51. The molecule has 1 unspecified atom stereocenters. The minimum Gasteiger partial charge on any atom is -0.340 e. The molecule has 0 aliphatic heterocycles. The van der Waals surface area contributed by atoms with Crippen molar-refractivity contribution in [1.29, 1.82) is 0 Å². The Hall–Kier alpha value is -3.13. The van der Waals surface area contributed by atoms with Gasteiger partial charge in [0.15, 0.2) is 5.13 Å². The van der Waals surface area contributed by atoms with Crippen LogP contribution in [0.4, 0.5) is 9.52 Å². The Kier molecular flexibility index (Phi) is 6.10. The summed E-state index contributed by atoms with van der Waals surface area (Å²) in [5.74, 6) is -1.39. The topological polar surface area (TPSA) is 84.0 Å². The number of hydrogen-bond donors (Lipinski definition) is 2. The summed E-state index contributed by atoms with van der Waals surface area (Å²) >= 11 is 1.28. The number of benzene rings is 1. The maximum Gasteiger partial charge on any atom is 0.251 e. The summed E-state index contributed by atoms with van der Waals surface area (Å²) in [4.78, 5) is 33.7. The van der Waals surface area contributed by atoms with Crippen molar-refractivity contribution in [1.82, 2.24) is 15.3 Å². The van der Waals surface area contributed by atoms with E-state index >= 15 is 0 Å². The molecule has 0 saturated heterocycles.